The van der Waals surface area contributed by atoms with Gasteiger partial charge in [0.25, 0.3) is 5.91 Å². The van der Waals surface area contributed by atoms with E-state index >= 15 is 0 Å². The molecule has 1 heterocycles. The molecule has 152 valence electrons. The fourth-order valence-corrected chi connectivity index (χ4v) is 4.21. The number of benzene rings is 3. The Labute approximate surface area is 178 Å². The van der Waals surface area contributed by atoms with Crippen LogP contribution in [0.15, 0.2) is 65.6 Å². The molecule has 0 fully saturated rings. The maximum Gasteiger partial charge on any atom is 0.338 e. The molecule has 2 amide bonds. The van der Waals surface area contributed by atoms with E-state index in [-0.39, 0.29) is 24.0 Å². The standard InChI is InChI=1S/C23H20N2O4S/c1-2-25(19-9-5-7-15-6-3-4-8-17(15)19)22(27)13-29-23(28)16-10-11-20-18(12-16)24-21(26)14-30-20/h3-12H,2,13-14H2,1H3,(H,24,26). The molecule has 0 unspecified atom stereocenters. The molecule has 0 bridgehead atoms. The van der Waals surface area contributed by atoms with Crippen molar-refractivity contribution < 1.29 is 19.1 Å². The van der Waals surface area contributed by atoms with E-state index in [1.54, 1.807) is 23.1 Å². The van der Waals surface area contributed by atoms with E-state index in [1.165, 1.54) is 11.8 Å². The molecule has 6 nitrogen and oxygen atoms in total. The Morgan fingerprint density at radius 3 is 2.73 bits per heavy atom. The van der Waals surface area contributed by atoms with Crippen molar-refractivity contribution in [3.05, 3.63) is 66.2 Å². The molecule has 7 heteroatoms. The predicted octanol–water partition coefficient (Wildman–Crippen LogP) is 4.09. The van der Waals surface area contributed by atoms with Crippen molar-refractivity contribution in [2.24, 2.45) is 0 Å². The number of anilines is 2. The number of carbonyl (C=O) groups excluding carboxylic acids is 3. The van der Waals surface area contributed by atoms with E-state index in [0.717, 1.165) is 21.4 Å². The molecule has 1 aliphatic rings. The number of ether oxygens (including phenoxy) is 1. The van der Waals surface area contributed by atoms with Crippen LogP contribution in [0, 0.1) is 0 Å². The summed E-state index contributed by atoms with van der Waals surface area (Å²) in [6.07, 6.45) is 0. The van der Waals surface area contributed by atoms with Gasteiger partial charge in [-0.2, -0.15) is 0 Å². The number of rotatable bonds is 5. The third kappa shape index (κ3) is 4.02. The Morgan fingerprint density at radius 1 is 1.10 bits per heavy atom. The van der Waals surface area contributed by atoms with Crippen LogP contribution >= 0.6 is 11.8 Å². The normalized spacial score (nSPS) is 12.8. The topological polar surface area (TPSA) is 75.7 Å². The summed E-state index contributed by atoms with van der Waals surface area (Å²) in [7, 11) is 0. The molecule has 1 N–H and O–H groups in total. The molecular formula is C23H20N2O4S. The molecule has 0 saturated heterocycles. The molecule has 0 radical (unpaired) electrons. The third-order valence-corrected chi connectivity index (χ3v) is 5.92. The van der Waals surface area contributed by atoms with Crippen LogP contribution in [0.2, 0.25) is 0 Å². The number of nitrogens with zero attached hydrogens (tertiary/aromatic N) is 1. The SMILES string of the molecule is CCN(C(=O)COC(=O)c1ccc2c(c1)NC(=O)CS2)c1cccc2ccccc12. The van der Waals surface area contributed by atoms with Gasteiger partial charge >= 0.3 is 5.97 Å². The summed E-state index contributed by atoms with van der Waals surface area (Å²) in [6, 6.07) is 18.6. The van der Waals surface area contributed by atoms with Crippen LogP contribution in [0.3, 0.4) is 0 Å². The maximum absolute atomic E-state index is 12.8. The van der Waals surface area contributed by atoms with Crippen molar-refractivity contribution in [1.29, 1.82) is 0 Å². The predicted molar refractivity (Wildman–Crippen MR) is 118 cm³/mol. The van der Waals surface area contributed by atoms with Gasteiger partial charge in [-0.25, -0.2) is 4.79 Å². The number of amides is 2. The van der Waals surface area contributed by atoms with Crippen LogP contribution in [-0.2, 0) is 14.3 Å². The number of likely N-dealkylation sites (N-methyl/N-ethyl adjacent to an activating group) is 1. The molecule has 1 aliphatic heterocycles. The summed E-state index contributed by atoms with van der Waals surface area (Å²) >= 11 is 1.42. The second-order valence-electron chi connectivity index (χ2n) is 6.76. The number of thioether (sulfide) groups is 1. The molecule has 0 aliphatic carbocycles. The maximum atomic E-state index is 12.8. The van der Waals surface area contributed by atoms with E-state index < -0.39 is 5.97 Å². The van der Waals surface area contributed by atoms with E-state index in [4.69, 9.17) is 4.74 Å². The molecule has 30 heavy (non-hydrogen) atoms. The van der Waals surface area contributed by atoms with Gasteiger partial charge in [0.15, 0.2) is 6.61 Å². The fraction of sp³-hybridized carbons (Fsp3) is 0.174. The number of fused-ring (bicyclic) bond motifs is 2. The minimum Gasteiger partial charge on any atom is -0.452 e. The van der Waals surface area contributed by atoms with Crippen molar-refractivity contribution in [3.8, 4) is 0 Å². The molecule has 0 spiro atoms. The molecule has 3 aromatic rings. The molecule has 0 saturated carbocycles. The lowest BCUT2D eigenvalue weighted by Crippen LogP contribution is -2.34. The highest BCUT2D eigenvalue weighted by Crippen LogP contribution is 2.32. The Balaban J connectivity index is 1.47. The zero-order chi connectivity index (χ0) is 21.1. The Bertz CT molecular complexity index is 1140. The smallest absolute Gasteiger partial charge is 0.338 e. The number of hydrogen-bond donors (Lipinski definition) is 1. The second kappa shape index (κ2) is 8.59. The fourth-order valence-electron chi connectivity index (χ4n) is 3.42. The van der Waals surface area contributed by atoms with Gasteiger partial charge in [-0.1, -0.05) is 36.4 Å². The summed E-state index contributed by atoms with van der Waals surface area (Å²) in [6.45, 7) is 1.96. The zero-order valence-electron chi connectivity index (χ0n) is 16.4. The highest BCUT2D eigenvalue weighted by atomic mass is 32.2. The van der Waals surface area contributed by atoms with Gasteiger partial charge in [0, 0.05) is 16.8 Å². The van der Waals surface area contributed by atoms with Crippen molar-refractivity contribution in [2.75, 3.05) is 29.1 Å². The van der Waals surface area contributed by atoms with Crippen LogP contribution in [0.1, 0.15) is 17.3 Å². The average Bonchev–Trinajstić information content (AvgIpc) is 2.77. The summed E-state index contributed by atoms with van der Waals surface area (Å²) in [5.41, 5.74) is 1.66. The first-order valence-electron chi connectivity index (χ1n) is 9.59. The van der Waals surface area contributed by atoms with Crippen molar-refractivity contribution >= 4 is 51.7 Å². The summed E-state index contributed by atoms with van der Waals surface area (Å²) in [4.78, 5) is 39.4. The van der Waals surface area contributed by atoms with Crippen molar-refractivity contribution in [1.82, 2.24) is 0 Å². The van der Waals surface area contributed by atoms with Gasteiger partial charge in [-0.3, -0.25) is 9.59 Å². The lowest BCUT2D eigenvalue weighted by Gasteiger charge is -2.22. The lowest BCUT2D eigenvalue weighted by atomic mass is 10.1. The highest BCUT2D eigenvalue weighted by Gasteiger charge is 2.21. The molecule has 4 rings (SSSR count). The summed E-state index contributed by atoms with van der Waals surface area (Å²) in [5.74, 6) is -0.664. The second-order valence-corrected chi connectivity index (χ2v) is 7.78. The molecular weight excluding hydrogens is 400 g/mol. The van der Waals surface area contributed by atoms with Gasteiger partial charge in [0.2, 0.25) is 5.91 Å². The first kappa shape index (κ1) is 20.0. The van der Waals surface area contributed by atoms with Gasteiger partial charge < -0.3 is 15.0 Å². The lowest BCUT2D eigenvalue weighted by molar-refractivity contribution is -0.121. The number of carbonyl (C=O) groups is 3. The number of nitrogens with one attached hydrogen (secondary N) is 1. The first-order chi connectivity index (χ1) is 14.6. The highest BCUT2D eigenvalue weighted by molar-refractivity contribution is 8.00. The Morgan fingerprint density at radius 2 is 1.90 bits per heavy atom. The zero-order valence-corrected chi connectivity index (χ0v) is 17.2. The van der Waals surface area contributed by atoms with Crippen LogP contribution in [0.4, 0.5) is 11.4 Å². The average molecular weight is 420 g/mol. The molecule has 3 aromatic carbocycles. The number of esters is 1. The summed E-state index contributed by atoms with van der Waals surface area (Å²) < 4.78 is 5.27. The minimum absolute atomic E-state index is 0.109. The third-order valence-electron chi connectivity index (χ3n) is 4.85. The van der Waals surface area contributed by atoms with E-state index in [9.17, 15) is 14.4 Å². The largest absolute Gasteiger partial charge is 0.452 e. The summed E-state index contributed by atoms with van der Waals surface area (Å²) in [5, 5.41) is 4.74. The number of hydrogen-bond acceptors (Lipinski definition) is 5. The first-order valence-corrected chi connectivity index (χ1v) is 10.6. The minimum atomic E-state index is -0.607. The van der Waals surface area contributed by atoms with Gasteiger partial charge in [-0.15, -0.1) is 11.8 Å². The monoisotopic (exact) mass is 420 g/mol. The molecule has 0 aromatic heterocycles. The Hall–Kier alpha value is -3.32. The van der Waals surface area contributed by atoms with Gasteiger partial charge in [0.05, 0.1) is 22.7 Å². The Kier molecular flexibility index (Phi) is 5.72. The van der Waals surface area contributed by atoms with Crippen LogP contribution in [0.25, 0.3) is 10.8 Å². The van der Waals surface area contributed by atoms with E-state index in [2.05, 4.69) is 5.32 Å². The molecule has 0 atom stereocenters. The van der Waals surface area contributed by atoms with E-state index in [1.807, 2.05) is 49.4 Å². The van der Waals surface area contributed by atoms with Crippen LogP contribution in [-0.4, -0.2) is 36.7 Å². The van der Waals surface area contributed by atoms with Gasteiger partial charge in [0.1, 0.15) is 0 Å². The van der Waals surface area contributed by atoms with Crippen LogP contribution < -0.4 is 10.2 Å². The van der Waals surface area contributed by atoms with Gasteiger partial charge in [-0.05, 0) is 36.6 Å². The quantitative estimate of drug-likeness (QED) is 0.629. The van der Waals surface area contributed by atoms with E-state index in [0.29, 0.717) is 18.0 Å². The van der Waals surface area contributed by atoms with Crippen molar-refractivity contribution in [3.63, 3.8) is 0 Å². The van der Waals surface area contributed by atoms with Crippen molar-refractivity contribution in [2.45, 2.75) is 11.8 Å². The van der Waals surface area contributed by atoms with Crippen LogP contribution in [0.5, 0.6) is 0 Å².